The van der Waals surface area contributed by atoms with Crippen molar-refractivity contribution in [2.24, 2.45) is 5.73 Å². The Morgan fingerprint density at radius 2 is 2.12 bits per heavy atom. The van der Waals surface area contributed by atoms with Crippen molar-refractivity contribution in [1.82, 2.24) is 4.98 Å². The van der Waals surface area contributed by atoms with Gasteiger partial charge in [0, 0.05) is 11.5 Å². The second kappa shape index (κ2) is 3.28. The summed E-state index contributed by atoms with van der Waals surface area (Å²) in [5.41, 5.74) is 8.10. The van der Waals surface area contributed by atoms with Crippen molar-refractivity contribution < 1.29 is 0 Å². The van der Waals surface area contributed by atoms with E-state index in [2.05, 4.69) is 18.2 Å². The molecule has 0 aliphatic heterocycles. The molecule has 1 heterocycles. The van der Waals surface area contributed by atoms with Gasteiger partial charge in [-0.25, -0.2) is 4.98 Å². The van der Waals surface area contributed by atoms with Gasteiger partial charge in [0.2, 0.25) is 0 Å². The van der Waals surface area contributed by atoms with Crippen LogP contribution in [-0.4, -0.2) is 4.98 Å². The van der Waals surface area contributed by atoms with Crippen LogP contribution < -0.4 is 5.73 Å². The van der Waals surface area contributed by atoms with Crippen molar-refractivity contribution >= 4 is 21.6 Å². The first kappa shape index (κ1) is 10.2. The molecule has 1 aromatic heterocycles. The SMILES string of the molecule is CC(C)(N)c1ccc2sc(C3CC3)nc2c1. The first-order chi connectivity index (χ1) is 7.54. The molecule has 3 heteroatoms. The molecule has 84 valence electrons. The van der Waals surface area contributed by atoms with E-state index in [0.29, 0.717) is 0 Å². The van der Waals surface area contributed by atoms with Crippen LogP contribution >= 0.6 is 11.3 Å². The van der Waals surface area contributed by atoms with Gasteiger partial charge in [-0.2, -0.15) is 0 Å². The highest BCUT2D eigenvalue weighted by molar-refractivity contribution is 7.18. The van der Waals surface area contributed by atoms with Crippen molar-refractivity contribution in [3.05, 3.63) is 28.8 Å². The van der Waals surface area contributed by atoms with Gasteiger partial charge in [0.1, 0.15) is 0 Å². The Labute approximate surface area is 99.5 Å². The Kier molecular flexibility index (Phi) is 2.10. The van der Waals surface area contributed by atoms with E-state index < -0.39 is 0 Å². The fourth-order valence-corrected chi connectivity index (χ4v) is 2.97. The van der Waals surface area contributed by atoms with Crippen LogP contribution in [-0.2, 0) is 5.54 Å². The Morgan fingerprint density at radius 1 is 1.38 bits per heavy atom. The van der Waals surface area contributed by atoms with Gasteiger partial charge >= 0.3 is 0 Å². The van der Waals surface area contributed by atoms with Gasteiger partial charge < -0.3 is 5.73 Å². The standard InChI is InChI=1S/C13H16N2S/c1-13(2,14)9-5-6-11-10(7-9)15-12(16-11)8-3-4-8/h5-8H,3-4,14H2,1-2H3. The molecule has 2 N–H and O–H groups in total. The number of nitrogens with two attached hydrogens (primary N) is 1. The van der Waals surface area contributed by atoms with Crippen LogP contribution in [0.1, 0.15) is 43.2 Å². The lowest BCUT2D eigenvalue weighted by Crippen LogP contribution is -2.28. The molecule has 3 rings (SSSR count). The molecule has 16 heavy (non-hydrogen) atoms. The fourth-order valence-electron chi connectivity index (χ4n) is 1.85. The summed E-state index contributed by atoms with van der Waals surface area (Å²) in [5.74, 6) is 0.742. The number of fused-ring (bicyclic) bond motifs is 1. The molecule has 1 aliphatic carbocycles. The summed E-state index contributed by atoms with van der Waals surface area (Å²) in [6, 6.07) is 6.41. The van der Waals surface area contributed by atoms with Gasteiger partial charge in [0.05, 0.1) is 15.2 Å². The van der Waals surface area contributed by atoms with Crippen LogP contribution in [0.25, 0.3) is 10.2 Å². The first-order valence-electron chi connectivity index (χ1n) is 5.74. The molecule has 0 spiro atoms. The molecule has 2 aromatic rings. The molecule has 2 nitrogen and oxygen atoms in total. The zero-order valence-electron chi connectivity index (χ0n) is 9.66. The molecule has 1 fully saturated rings. The van der Waals surface area contributed by atoms with E-state index in [9.17, 15) is 0 Å². The number of aromatic nitrogens is 1. The minimum absolute atomic E-state index is 0.280. The Morgan fingerprint density at radius 3 is 2.75 bits per heavy atom. The summed E-state index contributed by atoms with van der Waals surface area (Å²) < 4.78 is 1.29. The van der Waals surface area contributed by atoms with E-state index in [4.69, 9.17) is 10.7 Å². The Balaban J connectivity index is 2.10. The monoisotopic (exact) mass is 232 g/mol. The molecule has 0 unspecified atom stereocenters. The lowest BCUT2D eigenvalue weighted by atomic mass is 9.96. The fraction of sp³-hybridized carbons (Fsp3) is 0.462. The summed E-state index contributed by atoms with van der Waals surface area (Å²) in [6.07, 6.45) is 2.63. The largest absolute Gasteiger partial charge is 0.322 e. The van der Waals surface area contributed by atoms with E-state index in [-0.39, 0.29) is 5.54 Å². The number of nitrogens with zero attached hydrogens (tertiary/aromatic N) is 1. The molecule has 0 amide bonds. The van der Waals surface area contributed by atoms with Gasteiger partial charge in [-0.15, -0.1) is 11.3 Å². The minimum Gasteiger partial charge on any atom is -0.322 e. The van der Waals surface area contributed by atoms with Crippen LogP contribution in [0.5, 0.6) is 0 Å². The lowest BCUT2D eigenvalue weighted by molar-refractivity contribution is 0.555. The predicted octanol–water partition coefficient (Wildman–Crippen LogP) is 3.37. The van der Waals surface area contributed by atoms with Crippen LogP contribution in [0.4, 0.5) is 0 Å². The van der Waals surface area contributed by atoms with Crippen LogP contribution in [0.15, 0.2) is 18.2 Å². The van der Waals surface area contributed by atoms with Crippen molar-refractivity contribution in [3.63, 3.8) is 0 Å². The number of hydrogen-bond donors (Lipinski definition) is 1. The number of thiazole rings is 1. The molecule has 0 bridgehead atoms. The summed E-state index contributed by atoms with van der Waals surface area (Å²) >= 11 is 1.84. The van der Waals surface area contributed by atoms with Gasteiger partial charge in [-0.1, -0.05) is 6.07 Å². The lowest BCUT2D eigenvalue weighted by Gasteiger charge is -2.18. The first-order valence-corrected chi connectivity index (χ1v) is 6.55. The Hall–Kier alpha value is -0.930. The van der Waals surface area contributed by atoms with Gasteiger partial charge in [-0.3, -0.25) is 0 Å². The highest BCUT2D eigenvalue weighted by atomic mass is 32.1. The number of benzene rings is 1. The second-order valence-electron chi connectivity index (χ2n) is 5.23. The molecule has 0 saturated heterocycles. The van der Waals surface area contributed by atoms with Gasteiger partial charge in [0.25, 0.3) is 0 Å². The summed E-state index contributed by atoms with van der Waals surface area (Å²) in [6.45, 7) is 4.06. The predicted molar refractivity (Wildman–Crippen MR) is 68.8 cm³/mol. The molecule has 1 saturated carbocycles. The van der Waals surface area contributed by atoms with Crippen molar-refractivity contribution in [2.45, 2.75) is 38.1 Å². The third kappa shape index (κ3) is 1.74. The summed E-state index contributed by atoms with van der Waals surface area (Å²) in [7, 11) is 0. The molecular formula is C13H16N2S. The van der Waals surface area contributed by atoms with Crippen LogP contribution in [0.3, 0.4) is 0 Å². The maximum absolute atomic E-state index is 6.10. The van der Waals surface area contributed by atoms with E-state index in [1.165, 1.54) is 22.5 Å². The summed E-state index contributed by atoms with van der Waals surface area (Å²) in [5, 5.41) is 1.31. The number of rotatable bonds is 2. The maximum atomic E-state index is 6.10. The zero-order valence-corrected chi connectivity index (χ0v) is 10.5. The maximum Gasteiger partial charge on any atom is 0.0969 e. The highest BCUT2D eigenvalue weighted by Crippen LogP contribution is 2.43. The van der Waals surface area contributed by atoms with Crippen molar-refractivity contribution in [3.8, 4) is 0 Å². The van der Waals surface area contributed by atoms with Gasteiger partial charge in [-0.05, 0) is 44.4 Å². The van der Waals surface area contributed by atoms with E-state index in [1.54, 1.807) is 0 Å². The Bertz CT molecular complexity index is 532. The average molecular weight is 232 g/mol. The van der Waals surface area contributed by atoms with Crippen LogP contribution in [0.2, 0.25) is 0 Å². The van der Waals surface area contributed by atoms with Gasteiger partial charge in [0.15, 0.2) is 0 Å². The molecular weight excluding hydrogens is 216 g/mol. The third-order valence-electron chi connectivity index (χ3n) is 3.07. The minimum atomic E-state index is -0.280. The van der Waals surface area contributed by atoms with Crippen molar-refractivity contribution in [1.29, 1.82) is 0 Å². The molecule has 0 radical (unpaired) electrons. The van der Waals surface area contributed by atoms with Crippen LogP contribution in [0, 0.1) is 0 Å². The molecule has 1 aromatic carbocycles. The normalized spacial score (nSPS) is 16.9. The quantitative estimate of drug-likeness (QED) is 0.862. The summed E-state index contributed by atoms with van der Waals surface area (Å²) in [4.78, 5) is 4.71. The van der Waals surface area contributed by atoms with E-state index in [0.717, 1.165) is 17.0 Å². The molecule has 1 aliphatic rings. The highest BCUT2D eigenvalue weighted by Gasteiger charge is 2.27. The van der Waals surface area contributed by atoms with Crippen molar-refractivity contribution in [2.75, 3.05) is 0 Å². The topological polar surface area (TPSA) is 38.9 Å². The second-order valence-corrected chi connectivity index (χ2v) is 6.29. The third-order valence-corrected chi connectivity index (χ3v) is 4.27. The number of hydrogen-bond acceptors (Lipinski definition) is 3. The van der Waals surface area contributed by atoms with E-state index in [1.807, 2.05) is 25.2 Å². The van der Waals surface area contributed by atoms with E-state index >= 15 is 0 Å². The zero-order chi connectivity index (χ0) is 11.3. The smallest absolute Gasteiger partial charge is 0.0969 e. The average Bonchev–Trinajstić information content (AvgIpc) is 2.96. The molecule has 0 atom stereocenters.